The topological polar surface area (TPSA) is 52.4 Å². The molecule has 0 aliphatic heterocycles. The van der Waals surface area contributed by atoms with Crippen molar-refractivity contribution in [2.45, 2.75) is 6.92 Å². The van der Waals surface area contributed by atoms with Gasteiger partial charge in [0, 0.05) is 13.0 Å². The van der Waals surface area contributed by atoms with Crippen LogP contribution in [0.15, 0.2) is 36.4 Å². The number of rotatable bonds is 5. The zero-order valence-corrected chi connectivity index (χ0v) is 9.42. The highest BCUT2D eigenvalue weighted by Crippen LogP contribution is 2.17. The van der Waals surface area contributed by atoms with Gasteiger partial charge in [0.05, 0.1) is 17.1 Å². The minimum atomic E-state index is -0.360. The highest BCUT2D eigenvalue weighted by molar-refractivity contribution is 5.58. The molecule has 0 radical (unpaired) electrons. The maximum atomic E-state index is 10.9. The Kier molecular flexibility index (Phi) is 4.66. The van der Waals surface area contributed by atoms with E-state index in [-0.39, 0.29) is 16.5 Å². The van der Waals surface area contributed by atoms with Gasteiger partial charge in [-0.15, -0.1) is 0 Å². The van der Waals surface area contributed by atoms with E-state index in [2.05, 4.69) is 0 Å². The Morgan fingerprint density at radius 1 is 1.50 bits per heavy atom. The number of hydrogen-bond donors (Lipinski definition) is 0. The highest BCUT2D eigenvalue weighted by atomic mass is 16.6. The molecule has 4 heteroatoms. The van der Waals surface area contributed by atoms with Crippen LogP contribution in [0.4, 0.5) is 0 Å². The molecule has 1 aromatic rings. The van der Waals surface area contributed by atoms with Crippen molar-refractivity contribution >= 4 is 5.70 Å². The van der Waals surface area contributed by atoms with Gasteiger partial charge in [-0.25, -0.2) is 0 Å². The van der Waals surface area contributed by atoms with E-state index in [1.54, 1.807) is 37.5 Å². The summed E-state index contributed by atoms with van der Waals surface area (Å²) in [5, 5.41) is 10.9. The van der Waals surface area contributed by atoms with Crippen LogP contribution in [0.3, 0.4) is 0 Å². The quantitative estimate of drug-likeness (QED) is 0.567. The van der Waals surface area contributed by atoms with Crippen LogP contribution in [-0.4, -0.2) is 18.6 Å². The predicted octanol–water partition coefficient (Wildman–Crippen LogP) is 2.59. The monoisotopic (exact) mass is 221 g/mol. The van der Waals surface area contributed by atoms with Crippen molar-refractivity contribution < 1.29 is 9.66 Å². The van der Waals surface area contributed by atoms with E-state index >= 15 is 0 Å². The Labute approximate surface area is 94.7 Å². The van der Waals surface area contributed by atoms with Crippen LogP contribution >= 0.6 is 0 Å². The molecule has 0 amide bonds. The Hall–Kier alpha value is -1.68. The van der Waals surface area contributed by atoms with Gasteiger partial charge in [-0.05, 0) is 18.2 Å². The van der Waals surface area contributed by atoms with Crippen molar-refractivity contribution in [3.8, 4) is 0 Å². The predicted molar refractivity (Wildman–Crippen MR) is 62.5 cm³/mol. The number of methoxy groups -OCH3 is 1. The van der Waals surface area contributed by atoms with Crippen LogP contribution in [0.1, 0.15) is 12.5 Å². The van der Waals surface area contributed by atoms with Gasteiger partial charge in [0.25, 0.3) is 5.70 Å². The van der Waals surface area contributed by atoms with Crippen LogP contribution in [0, 0.1) is 16.0 Å². The van der Waals surface area contributed by atoms with E-state index in [1.165, 1.54) is 0 Å². The molecule has 0 heterocycles. The summed E-state index contributed by atoms with van der Waals surface area (Å²) in [6.45, 7) is 2.36. The standard InChI is InChI=1S/C12H15NO3/c1-10(9-16-2)8-12(13(14)15)11-6-4-3-5-7-11/h3-8,10H,9H2,1-2H3/b12-8+. The molecular weight excluding hydrogens is 206 g/mol. The normalized spacial score (nSPS) is 13.5. The lowest BCUT2D eigenvalue weighted by atomic mass is 10.1. The number of nitro groups is 1. The minimum absolute atomic E-state index is 0.0191. The largest absolute Gasteiger partial charge is 0.384 e. The first kappa shape index (κ1) is 12.4. The second kappa shape index (κ2) is 6.02. The number of hydrogen-bond acceptors (Lipinski definition) is 3. The first-order valence-corrected chi connectivity index (χ1v) is 5.05. The number of ether oxygens (including phenoxy) is 1. The zero-order valence-electron chi connectivity index (χ0n) is 9.42. The molecule has 16 heavy (non-hydrogen) atoms. The minimum Gasteiger partial charge on any atom is -0.384 e. The van der Waals surface area contributed by atoms with Gasteiger partial charge in [-0.1, -0.05) is 25.1 Å². The van der Waals surface area contributed by atoms with Crippen molar-refractivity contribution in [1.29, 1.82) is 0 Å². The SMILES string of the molecule is COCC(C)/C=C(\c1ccccc1)[N+](=O)[O-]. The molecule has 1 aromatic carbocycles. The average molecular weight is 221 g/mol. The van der Waals surface area contributed by atoms with Gasteiger partial charge < -0.3 is 4.74 Å². The maximum absolute atomic E-state index is 10.9. The van der Waals surface area contributed by atoms with Crippen molar-refractivity contribution in [2.24, 2.45) is 5.92 Å². The fraction of sp³-hybridized carbons (Fsp3) is 0.333. The fourth-order valence-electron chi connectivity index (χ4n) is 1.45. The first-order valence-electron chi connectivity index (χ1n) is 5.05. The third-order valence-corrected chi connectivity index (χ3v) is 2.14. The molecule has 4 nitrogen and oxygen atoms in total. The van der Waals surface area contributed by atoms with E-state index in [9.17, 15) is 10.1 Å². The summed E-state index contributed by atoms with van der Waals surface area (Å²) < 4.78 is 4.95. The van der Waals surface area contributed by atoms with E-state index in [1.807, 2.05) is 13.0 Å². The lowest BCUT2D eigenvalue weighted by Gasteiger charge is -2.05. The zero-order chi connectivity index (χ0) is 12.0. The molecule has 0 spiro atoms. The molecule has 1 rings (SSSR count). The maximum Gasteiger partial charge on any atom is 0.272 e. The van der Waals surface area contributed by atoms with Crippen molar-refractivity contribution in [3.63, 3.8) is 0 Å². The smallest absolute Gasteiger partial charge is 0.272 e. The van der Waals surface area contributed by atoms with E-state index in [4.69, 9.17) is 4.74 Å². The Morgan fingerprint density at radius 3 is 2.62 bits per heavy atom. The van der Waals surface area contributed by atoms with Gasteiger partial charge in [-0.2, -0.15) is 0 Å². The molecule has 0 fully saturated rings. The fourth-order valence-corrected chi connectivity index (χ4v) is 1.45. The lowest BCUT2D eigenvalue weighted by molar-refractivity contribution is -0.375. The summed E-state index contributed by atoms with van der Waals surface area (Å²) >= 11 is 0. The highest BCUT2D eigenvalue weighted by Gasteiger charge is 2.14. The van der Waals surface area contributed by atoms with Crippen molar-refractivity contribution in [2.75, 3.05) is 13.7 Å². The molecule has 0 aliphatic rings. The third-order valence-electron chi connectivity index (χ3n) is 2.14. The van der Waals surface area contributed by atoms with E-state index < -0.39 is 0 Å². The summed E-state index contributed by atoms with van der Waals surface area (Å²) in [6.07, 6.45) is 1.62. The molecule has 0 aliphatic carbocycles. The molecule has 0 aromatic heterocycles. The molecule has 86 valence electrons. The molecule has 0 N–H and O–H groups in total. The lowest BCUT2D eigenvalue weighted by Crippen LogP contribution is -2.05. The summed E-state index contributed by atoms with van der Waals surface area (Å²) in [5.74, 6) is 0.0191. The van der Waals surface area contributed by atoms with Crippen LogP contribution in [0.5, 0.6) is 0 Å². The van der Waals surface area contributed by atoms with Gasteiger partial charge in [0.15, 0.2) is 0 Å². The van der Waals surface area contributed by atoms with Crippen LogP contribution in [0.25, 0.3) is 5.70 Å². The van der Waals surface area contributed by atoms with Gasteiger partial charge in [0.2, 0.25) is 0 Å². The summed E-state index contributed by atoms with van der Waals surface area (Å²) in [5.41, 5.74) is 0.751. The summed E-state index contributed by atoms with van der Waals surface area (Å²) in [4.78, 5) is 10.6. The van der Waals surface area contributed by atoms with Crippen molar-refractivity contribution in [3.05, 3.63) is 52.1 Å². The first-order chi connectivity index (χ1) is 7.65. The molecular formula is C12H15NO3. The van der Waals surface area contributed by atoms with E-state index in [0.29, 0.717) is 12.2 Å². The summed E-state index contributed by atoms with van der Waals surface area (Å²) in [6, 6.07) is 8.86. The Balaban J connectivity index is 2.96. The van der Waals surface area contributed by atoms with Crippen LogP contribution in [-0.2, 0) is 4.74 Å². The van der Waals surface area contributed by atoms with Crippen LogP contribution in [0.2, 0.25) is 0 Å². The Morgan fingerprint density at radius 2 is 2.12 bits per heavy atom. The average Bonchev–Trinajstić information content (AvgIpc) is 2.27. The molecule has 0 saturated carbocycles. The molecule has 0 saturated heterocycles. The van der Waals surface area contributed by atoms with Crippen LogP contribution < -0.4 is 0 Å². The van der Waals surface area contributed by atoms with E-state index in [0.717, 1.165) is 0 Å². The second-order valence-electron chi connectivity index (χ2n) is 3.61. The molecule has 0 bridgehead atoms. The third kappa shape index (κ3) is 3.47. The molecule has 1 unspecified atom stereocenters. The van der Waals surface area contributed by atoms with Gasteiger partial charge >= 0.3 is 0 Å². The number of benzene rings is 1. The Bertz CT molecular complexity index is 373. The number of nitrogens with zero attached hydrogens (tertiary/aromatic N) is 1. The molecule has 1 atom stereocenters. The van der Waals surface area contributed by atoms with Gasteiger partial charge in [-0.3, -0.25) is 10.1 Å². The second-order valence-corrected chi connectivity index (χ2v) is 3.61. The van der Waals surface area contributed by atoms with Crippen molar-refractivity contribution in [1.82, 2.24) is 0 Å². The van der Waals surface area contributed by atoms with Gasteiger partial charge in [0.1, 0.15) is 0 Å². The summed E-state index contributed by atoms with van der Waals surface area (Å²) in [7, 11) is 1.58.